The van der Waals surface area contributed by atoms with Crippen molar-refractivity contribution >= 4 is 16.2 Å². The first kappa shape index (κ1) is 29.7. The molecule has 0 bridgehead atoms. The third-order valence-corrected chi connectivity index (χ3v) is 7.71. The van der Waals surface area contributed by atoms with Crippen molar-refractivity contribution in [2.45, 2.75) is 17.7 Å². The van der Waals surface area contributed by atoms with E-state index >= 15 is 0 Å². The second kappa shape index (κ2) is 14.9. The number of aryl methyl sites for hydroxylation is 1. The quantitative estimate of drug-likeness (QED) is 0.201. The summed E-state index contributed by atoms with van der Waals surface area (Å²) in [6.45, 7) is 4.24. The Balaban J connectivity index is 0.983. The highest BCUT2D eigenvalue weighted by molar-refractivity contribution is 7.86. The molecule has 1 N–H and O–H groups in total. The summed E-state index contributed by atoms with van der Waals surface area (Å²) in [6, 6.07) is 22.9. The zero-order valence-corrected chi connectivity index (χ0v) is 23.4. The lowest BCUT2D eigenvalue weighted by atomic mass is 9.98. The molecule has 0 fully saturated rings. The number of nitrogens with one attached hydrogen (secondary N) is 1. The van der Waals surface area contributed by atoms with Gasteiger partial charge in [0.15, 0.2) is 0 Å². The zero-order valence-electron chi connectivity index (χ0n) is 22.5. The van der Waals surface area contributed by atoms with E-state index in [9.17, 15) is 13.2 Å². The van der Waals surface area contributed by atoms with Crippen LogP contribution in [0.4, 0.5) is 4.79 Å². The lowest BCUT2D eigenvalue weighted by Crippen LogP contribution is -2.29. The predicted octanol–water partition coefficient (Wildman–Crippen LogP) is 4.29. The predicted molar refractivity (Wildman–Crippen MR) is 150 cm³/mol. The Kier molecular flexibility index (Phi) is 11.1. The molecule has 9 nitrogen and oxygen atoms in total. The maximum Gasteiger partial charge on any atom is 0.407 e. The van der Waals surface area contributed by atoms with Crippen LogP contribution < -0.4 is 5.32 Å². The van der Waals surface area contributed by atoms with Crippen LogP contribution in [0.5, 0.6) is 0 Å². The molecule has 1 aliphatic carbocycles. The van der Waals surface area contributed by atoms with Gasteiger partial charge in [-0.25, -0.2) is 4.79 Å². The van der Waals surface area contributed by atoms with Crippen LogP contribution in [0.3, 0.4) is 0 Å². The van der Waals surface area contributed by atoms with Crippen molar-refractivity contribution in [3.8, 4) is 11.1 Å². The van der Waals surface area contributed by atoms with Crippen LogP contribution in [0.1, 0.15) is 22.6 Å². The van der Waals surface area contributed by atoms with Crippen LogP contribution in [-0.2, 0) is 33.2 Å². The largest absolute Gasteiger partial charge is 0.449 e. The van der Waals surface area contributed by atoms with Crippen LogP contribution in [-0.4, -0.2) is 73.9 Å². The van der Waals surface area contributed by atoms with E-state index in [1.165, 1.54) is 34.4 Å². The number of alkyl carbamates (subject to hydrolysis) is 1. The lowest BCUT2D eigenvalue weighted by molar-refractivity contribution is 0.0101. The molecule has 0 atom stereocenters. The number of hydrogen-bond donors (Lipinski definition) is 1. The van der Waals surface area contributed by atoms with E-state index < -0.39 is 16.2 Å². The second-order valence-electron chi connectivity index (χ2n) is 9.18. The Morgan fingerprint density at radius 3 is 1.85 bits per heavy atom. The van der Waals surface area contributed by atoms with Gasteiger partial charge >= 0.3 is 6.09 Å². The molecular formula is C30H35NO8S. The summed E-state index contributed by atoms with van der Waals surface area (Å²) in [5.41, 5.74) is 5.69. The normalized spacial score (nSPS) is 12.6. The molecular weight excluding hydrogens is 534 g/mol. The van der Waals surface area contributed by atoms with Crippen molar-refractivity contribution in [3.63, 3.8) is 0 Å². The van der Waals surface area contributed by atoms with Gasteiger partial charge in [0.2, 0.25) is 0 Å². The van der Waals surface area contributed by atoms with Gasteiger partial charge in [0, 0.05) is 12.5 Å². The smallest absolute Gasteiger partial charge is 0.407 e. The number of rotatable bonds is 16. The fourth-order valence-corrected chi connectivity index (χ4v) is 5.29. The molecule has 1 amide bonds. The molecule has 0 spiro atoms. The van der Waals surface area contributed by atoms with E-state index in [0.29, 0.717) is 39.6 Å². The fraction of sp³-hybridized carbons (Fsp3) is 0.367. The van der Waals surface area contributed by atoms with Crippen molar-refractivity contribution in [1.29, 1.82) is 0 Å². The average Bonchev–Trinajstić information content (AvgIpc) is 3.28. The molecule has 0 radical (unpaired) electrons. The van der Waals surface area contributed by atoms with Gasteiger partial charge in [-0.05, 0) is 41.3 Å². The Bertz CT molecular complexity index is 1300. The number of carbonyl (C=O) groups excluding carboxylic acids is 1. The fourth-order valence-electron chi connectivity index (χ4n) is 4.39. The summed E-state index contributed by atoms with van der Waals surface area (Å²) in [7, 11) is -3.79. The molecule has 0 saturated carbocycles. The van der Waals surface area contributed by atoms with Crippen molar-refractivity contribution in [2.24, 2.45) is 0 Å². The topological polar surface area (TPSA) is 109 Å². The summed E-state index contributed by atoms with van der Waals surface area (Å²) >= 11 is 0. The molecule has 0 aliphatic heterocycles. The first-order valence-electron chi connectivity index (χ1n) is 13.2. The molecule has 10 heteroatoms. The van der Waals surface area contributed by atoms with Gasteiger partial charge in [-0.2, -0.15) is 8.42 Å². The number of amides is 1. The maximum absolute atomic E-state index is 12.2. The van der Waals surface area contributed by atoms with E-state index in [4.69, 9.17) is 23.1 Å². The van der Waals surface area contributed by atoms with E-state index in [0.717, 1.165) is 5.56 Å². The summed E-state index contributed by atoms with van der Waals surface area (Å²) in [6.07, 6.45) is -0.477. The Hall–Kier alpha value is -3.28. The minimum absolute atomic E-state index is 0.0229. The third-order valence-electron chi connectivity index (χ3n) is 6.38. The van der Waals surface area contributed by atoms with Gasteiger partial charge < -0.3 is 24.3 Å². The molecule has 0 aromatic heterocycles. The molecule has 0 saturated heterocycles. The van der Waals surface area contributed by atoms with E-state index in [2.05, 4.69) is 29.6 Å². The van der Waals surface area contributed by atoms with Gasteiger partial charge in [-0.15, -0.1) is 0 Å². The molecule has 0 unspecified atom stereocenters. The average molecular weight is 570 g/mol. The number of carbonyl (C=O) groups is 1. The number of hydrogen-bond acceptors (Lipinski definition) is 8. The first-order chi connectivity index (χ1) is 19.5. The zero-order chi connectivity index (χ0) is 28.2. The summed E-state index contributed by atoms with van der Waals surface area (Å²) in [5.74, 6) is 0.0229. The van der Waals surface area contributed by atoms with Crippen molar-refractivity contribution in [2.75, 3.05) is 59.4 Å². The van der Waals surface area contributed by atoms with Crippen LogP contribution in [0.2, 0.25) is 0 Å². The number of ether oxygens (including phenoxy) is 4. The first-order valence-corrected chi connectivity index (χ1v) is 14.6. The summed E-state index contributed by atoms with van der Waals surface area (Å²) < 4.78 is 50.9. The van der Waals surface area contributed by atoms with Crippen LogP contribution in [0.25, 0.3) is 11.1 Å². The van der Waals surface area contributed by atoms with Crippen LogP contribution in [0, 0.1) is 6.92 Å². The van der Waals surface area contributed by atoms with Crippen LogP contribution in [0.15, 0.2) is 77.7 Å². The highest BCUT2D eigenvalue weighted by Crippen LogP contribution is 2.44. The second-order valence-corrected chi connectivity index (χ2v) is 10.8. The molecule has 0 heterocycles. The molecule has 4 rings (SSSR count). The van der Waals surface area contributed by atoms with Gasteiger partial charge in [0.25, 0.3) is 10.1 Å². The van der Waals surface area contributed by atoms with Crippen LogP contribution >= 0.6 is 0 Å². The Morgan fingerprint density at radius 1 is 0.725 bits per heavy atom. The van der Waals surface area contributed by atoms with Crippen molar-refractivity contribution in [3.05, 3.63) is 89.5 Å². The summed E-state index contributed by atoms with van der Waals surface area (Å²) in [5, 5.41) is 2.71. The SMILES string of the molecule is Cc1ccc(S(=O)(=O)OCCOCCOCCOCCNC(=O)OCC2c3ccccc3-c3ccccc32)cc1. The maximum atomic E-state index is 12.2. The Labute approximate surface area is 235 Å². The Morgan fingerprint density at radius 2 is 1.25 bits per heavy atom. The van der Waals surface area contributed by atoms with Crippen molar-refractivity contribution in [1.82, 2.24) is 5.32 Å². The van der Waals surface area contributed by atoms with E-state index in [1.54, 1.807) is 12.1 Å². The highest BCUT2D eigenvalue weighted by Gasteiger charge is 2.28. The third kappa shape index (κ3) is 8.36. The molecule has 3 aromatic rings. The standard InChI is InChI=1S/C30H35NO8S/c1-23-10-12-24(13-11-23)40(33,34)39-21-20-37-19-18-36-17-16-35-15-14-31-30(32)38-22-29-27-8-4-2-6-25(27)26-7-3-5-9-28(26)29/h2-13,29H,14-22H2,1H3,(H,31,32). The molecule has 214 valence electrons. The van der Waals surface area contributed by atoms with Gasteiger partial charge in [0.1, 0.15) is 6.61 Å². The molecule has 3 aromatic carbocycles. The molecule has 40 heavy (non-hydrogen) atoms. The van der Waals surface area contributed by atoms with Gasteiger partial charge in [-0.1, -0.05) is 66.2 Å². The molecule has 1 aliphatic rings. The summed E-state index contributed by atoms with van der Waals surface area (Å²) in [4.78, 5) is 12.3. The lowest BCUT2D eigenvalue weighted by Gasteiger charge is -2.14. The number of fused-ring (bicyclic) bond motifs is 3. The number of benzene rings is 3. The van der Waals surface area contributed by atoms with Gasteiger partial charge in [0.05, 0.1) is 51.1 Å². The minimum atomic E-state index is -3.79. The minimum Gasteiger partial charge on any atom is -0.449 e. The van der Waals surface area contributed by atoms with Crippen molar-refractivity contribution < 1.29 is 36.3 Å². The van der Waals surface area contributed by atoms with E-state index in [-0.39, 0.29) is 30.6 Å². The van der Waals surface area contributed by atoms with E-state index in [1.807, 2.05) is 31.2 Å². The monoisotopic (exact) mass is 569 g/mol. The highest BCUT2D eigenvalue weighted by atomic mass is 32.2. The van der Waals surface area contributed by atoms with Gasteiger partial charge in [-0.3, -0.25) is 4.18 Å².